The van der Waals surface area contributed by atoms with Gasteiger partial charge in [0, 0.05) is 25.5 Å². The fourth-order valence-corrected chi connectivity index (χ4v) is 3.10. The molecular formula is C15H31NO2. The summed E-state index contributed by atoms with van der Waals surface area (Å²) in [6.07, 6.45) is 6.09. The third-order valence-corrected chi connectivity index (χ3v) is 5.03. The summed E-state index contributed by atoms with van der Waals surface area (Å²) in [5, 5.41) is 10.6. The minimum atomic E-state index is -0.352. The van der Waals surface area contributed by atoms with Gasteiger partial charge in [0.15, 0.2) is 0 Å². The van der Waals surface area contributed by atoms with E-state index in [0.29, 0.717) is 13.0 Å². The second-order valence-corrected chi connectivity index (χ2v) is 6.60. The van der Waals surface area contributed by atoms with Gasteiger partial charge in [0.1, 0.15) is 0 Å². The second-order valence-electron chi connectivity index (χ2n) is 6.60. The molecular weight excluding hydrogens is 226 g/mol. The Balaban J connectivity index is 2.65. The Labute approximate surface area is 112 Å². The van der Waals surface area contributed by atoms with Crippen molar-refractivity contribution in [3.8, 4) is 0 Å². The Kier molecular flexibility index (Phi) is 5.63. The van der Waals surface area contributed by atoms with Gasteiger partial charge >= 0.3 is 0 Å². The van der Waals surface area contributed by atoms with Crippen LogP contribution in [0.15, 0.2) is 0 Å². The molecule has 1 atom stereocenters. The van der Waals surface area contributed by atoms with Gasteiger partial charge < -0.3 is 15.6 Å². The van der Waals surface area contributed by atoms with Crippen LogP contribution in [0.1, 0.15) is 59.3 Å². The lowest BCUT2D eigenvalue weighted by Gasteiger charge is -2.44. The molecule has 0 heterocycles. The van der Waals surface area contributed by atoms with Crippen molar-refractivity contribution in [1.29, 1.82) is 0 Å². The van der Waals surface area contributed by atoms with Crippen molar-refractivity contribution in [2.45, 2.75) is 71.0 Å². The number of rotatable bonds is 6. The highest BCUT2D eigenvalue weighted by Gasteiger charge is 2.41. The summed E-state index contributed by atoms with van der Waals surface area (Å²) >= 11 is 0. The van der Waals surface area contributed by atoms with Gasteiger partial charge in [0.05, 0.1) is 11.7 Å². The monoisotopic (exact) mass is 257 g/mol. The van der Waals surface area contributed by atoms with Gasteiger partial charge in [0.25, 0.3) is 0 Å². The summed E-state index contributed by atoms with van der Waals surface area (Å²) in [4.78, 5) is 0. The van der Waals surface area contributed by atoms with Gasteiger partial charge in [-0.15, -0.1) is 0 Å². The number of ether oxygens (including phenoxy) is 1. The number of hydrogen-bond donors (Lipinski definition) is 2. The predicted molar refractivity (Wildman–Crippen MR) is 75.4 cm³/mol. The van der Waals surface area contributed by atoms with E-state index in [4.69, 9.17) is 10.5 Å². The Morgan fingerprint density at radius 1 is 1.39 bits per heavy atom. The molecule has 3 heteroatoms. The maximum atomic E-state index is 10.6. The molecule has 108 valence electrons. The molecule has 0 aliphatic heterocycles. The fourth-order valence-electron chi connectivity index (χ4n) is 3.10. The van der Waals surface area contributed by atoms with E-state index in [-0.39, 0.29) is 17.1 Å². The van der Waals surface area contributed by atoms with Crippen LogP contribution in [0, 0.1) is 11.3 Å². The van der Waals surface area contributed by atoms with Gasteiger partial charge in [-0.1, -0.05) is 13.3 Å². The summed E-state index contributed by atoms with van der Waals surface area (Å²) in [6, 6.07) is 0. The summed E-state index contributed by atoms with van der Waals surface area (Å²) in [5.74, 6) is 0.826. The van der Waals surface area contributed by atoms with E-state index in [1.807, 2.05) is 13.8 Å². The maximum Gasteiger partial charge on any atom is 0.0647 e. The van der Waals surface area contributed by atoms with Crippen molar-refractivity contribution >= 4 is 0 Å². The molecule has 0 spiro atoms. The van der Waals surface area contributed by atoms with Crippen molar-refractivity contribution in [1.82, 2.24) is 0 Å². The molecule has 1 rings (SSSR count). The summed E-state index contributed by atoms with van der Waals surface area (Å²) in [6.45, 7) is 6.89. The molecule has 1 saturated carbocycles. The first-order chi connectivity index (χ1) is 8.39. The second kappa shape index (κ2) is 6.36. The molecule has 0 aromatic rings. The minimum absolute atomic E-state index is 0.0819. The van der Waals surface area contributed by atoms with Gasteiger partial charge in [0.2, 0.25) is 0 Å². The first-order valence-corrected chi connectivity index (χ1v) is 7.32. The molecule has 1 fully saturated rings. The van der Waals surface area contributed by atoms with Gasteiger partial charge in [-0.3, -0.25) is 0 Å². The van der Waals surface area contributed by atoms with E-state index in [2.05, 4.69) is 6.92 Å². The first-order valence-electron chi connectivity index (χ1n) is 7.32. The molecule has 1 aliphatic carbocycles. The lowest BCUT2D eigenvalue weighted by molar-refractivity contribution is -0.0743. The highest BCUT2D eigenvalue weighted by molar-refractivity contribution is 4.94. The van der Waals surface area contributed by atoms with Crippen LogP contribution >= 0.6 is 0 Å². The average Bonchev–Trinajstić information content (AvgIpc) is 2.38. The molecule has 0 bridgehead atoms. The number of aliphatic hydroxyl groups excluding tert-OH is 1. The van der Waals surface area contributed by atoms with Crippen LogP contribution < -0.4 is 5.73 Å². The molecule has 1 unspecified atom stereocenters. The Morgan fingerprint density at radius 2 is 1.94 bits per heavy atom. The number of hydrogen-bond acceptors (Lipinski definition) is 3. The van der Waals surface area contributed by atoms with E-state index in [0.717, 1.165) is 18.8 Å². The van der Waals surface area contributed by atoms with Gasteiger partial charge in [-0.05, 0) is 45.4 Å². The zero-order chi connectivity index (χ0) is 13.8. The number of methoxy groups -OCH3 is 1. The normalized spacial score (nSPS) is 31.3. The quantitative estimate of drug-likeness (QED) is 0.769. The van der Waals surface area contributed by atoms with Crippen molar-refractivity contribution in [2.75, 3.05) is 13.7 Å². The van der Waals surface area contributed by atoms with Crippen LogP contribution in [0.4, 0.5) is 0 Å². The third kappa shape index (κ3) is 3.69. The summed E-state index contributed by atoms with van der Waals surface area (Å²) in [7, 11) is 1.70. The van der Waals surface area contributed by atoms with E-state index >= 15 is 0 Å². The van der Waals surface area contributed by atoms with Crippen molar-refractivity contribution in [2.24, 2.45) is 17.1 Å². The average molecular weight is 257 g/mol. The van der Waals surface area contributed by atoms with Crippen molar-refractivity contribution < 1.29 is 9.84 Å². The van der Waals surface area contributed by atoms with E-state index < -0.39 is 0 Å². The van der Waals surface area contributed by atoms with Crippen LogP contribution in [-0.4, -0.2) is 30.5 Å². The molecule has 0 saturated heterocycles. The smallest absolute Gasteiger partial charge is 0.0647 e. The van der Waals surface area contributed by atoms with Crippen LogP contribution in [0.3, 0.4) is 0 Å². The Bertz CT molecular complexity index is 245. The van der Waals surface area contributed by atoms with E-state index in [1.165, 1.54) is 19.3 Å². The molecule has 0 amide bonds. The fraction of sp³-hybridized carbons (Fsp3) is 1.00. The van der Waals surface area contributed by atoms with Crippen LogP contribution in [0.25, 0.3) is 0 Å². The lowest BCUT2D eigenvalue weighted by atomic mass is 9.65. The largest absolute Gasteiger partial charge is 0.392 e. The maximum absolute atomic E-state index is 10.6. The Hall–Kier alpha value is -0.120. The molecule has 1 aliphatic rings. The van der Waals surface area contributed by atoms with Crippen molar-refractivity contribution in [3.05, 3.63) is 0 Å². The molecule has 18 heavy (non-hydrogen) atoms. The van der Waals surface area contributed by atoms with E-state index in [9.17, 15) is 5.11 Å². The molecule has 0 aromatic heterocycles. The topological polar surface area (TPSA) is 55.5 Å². The summed E-state index contributed by atoms with van der Waals surface area (Å²) < 4.78 is 5.43. The van der Waals surface area contributed by atoms with Crippen LogP contribution in [-0.2, 0) is 4.74 Å². The van der Waals surface area contributed by atoms with Gasteiger partial charge in [-0.2, -0.15) is 0 Å². The zero-order valence-electron chi connectivity index (χ0n) is 12.5. The number of aliphatic hydroxyl groups is 1. The molecule has 0 radical (unpaired) electrons. The molecule has 3 N–H and O–H groups in total. The van der Waals surface area contributed by atoms with E-state index in [1.54, 1.807) is 7.11 Å². The lowest BCUT2D eigenvalue weighted by Crippen LogP contribution is -2.47. The van der Waals surface area contributed by atoms with Gasteiger partial charge in [-0.25, -0.2) is 0 Å². The summed E-state index contributed by atoms with van der Waals surface area (Å²) in [5.41, 5.74) is 5.63. The zero-order valence-corrected chi connectivity index (χ0v) is 12.5. The SMILES string of the molecule is CCC1CCC(CN)(C(O)CC(C)(C)OC)CC1. The predicted octanol–water partition coefficient (Wildman–Crippen LogP) is 2.71. The highest BCUT2D eigenvalue weighted by atomic mass is 16.5. The Morgan fingerprint density at radius 3 is 2.33 bits per heavy atom. The van der Waals surface area contributed by atoms with Crippen molar-refractivity contribution in [3.63, 3.8) is 0 Å². The standard InChI is InChI=1S/C15H31NO2/c1-5-12-6-8-15(11-16,9-7-12)13(17)10-14(2,3)18-4/h12-13,17H,5-11,16H2,1-4H3. The van der Waals surface area contributed by atoms with Crippen LogP contribution in [0.5, 0.6) is 0 Å². The highest BCUT2D eigenvalue weighted by Crippen LogP contribution is 2.43. The van der Waals surface area contributed by atoms with Crippen LogP contribution in [0.2, 0.25) is 0 Å². The third-order valence-electron chi connectivity index (χ3n) is 5.03. The number of nitrogens with two attached hydrogens (primary N) is 1. The first kappa shape index (κ1) is 15.9. The molecule has 0 aromatic carbocycles. The minimum Gasteiger partial charge on any atom is -0.392 e. The molecule has 3 nitrogen and oxygen atoms in total.